The topological polar surface area (TPSA) is 82.2 Å². The van der Waals surface area contributed by atoms with Crippen LogP contribution in [0, 0.1) is 23.6 Å². The van der Waals surface area contributed by atoms with E-state index in [0.717, 1.165) is 25.7 Å². The zero-order valence-electron chi connectivity index (χ0n) is 25.3. The van der Waals surface area contributed by atoms with Crippen LogP contribution < -0.4 is 10.1 Å². The molecule has 2 aromatic rings. The van der Waals surface area contributed by atoms with Gasteiger partial charge in [-0.2, -0.15) is 4.31 Å². The highest BCUT2D eigenvalue weighted by atomic mass is 32.2. The molecule has 0 spiro atoms. The number of benzene rings is 2. The van der Waals surface area contributed by atoms with E-state index in [4.69, 9.17) is 4.74 Å². The van der Waals surface area contributed by atoms with Gasteiger partial charge in [-0.1, -0.05) is 38.0 Å². The lowest BCUT2D eigenvalue weighted by Gasteiger charge is -2.38. The molecule has 1 aliphatic carbocycles. The second kappa shape index (κ2) is 13.9. The van der Waals surface area contributed by atoms with Gasteiger partial charge in [0, 0.05) is 49.3 Å². The molecule has 2 aromatic carbocycles. The fraction of sp³-hybridized carbons (Fsp3) is 0.531. The number of nitrogens with one attached hydrogen (secondary N) is 1. The predicted octanol–water partition coefficient (Wildman–Crippen LogP) is 4.54. The molecule has 1 saturated carbocycles. The van der Waals surface area contributed by atoms with Crippen molar-refractivity contribution < 1.29 is 22.3 Å². The van der Waals surface area contributed by atoms with Gasteiger partial charge in [-0.3, -0.25) is 0 Å². The minimum absolute atomic E-state index is 0.0756. The Hall–Kier alpha value is -3.13. The molecule has 0 unspecified atom stereocenters. The van der Waals surface area contributed by atoms with E-state index in [0.29, 0.717) is 24.2 Å². The largest absolute Gasteiger partial charge is 0.487 e. The van der Waals surface area contributed by atoms with Crippen molar-refractivity contribution in [2.45, 2.75) is 69.0 Å². The maximum absolute atomic E-state index is 14.0. The summed E-state index contributed by atoms with van der Waals surface area (Å²) in [6.07, 6.45) is 4.96. The van der Waals surface area contributed by atoms with Crippen LogP contribution in [0.5, 0.6) is 5.75 Å². The average molecular weight is 599 g/mol. The first-order valence-electron chi connectivity index (χ1n) is 14.7. The molecule has 4 rings (SSSR count). The zero-order chi connectivity index (χ0) is 30.4. The van der Waals surface area contributed by atoms with Gasteiger partial charge in [0.25, 0.3) is 0 Å². The zero-order valence-corrected chi connectivity index (χ0v) is 26.1. The summed E-state index contributed by atoms with van der Waals surface area (Å²) in [6.45, 7) is 4.98. The van der Waals surface area contributed by atoms with E-state index in [1.54, 1.807) is 46.6 Å². The van der Waals surface area contributed by atoms with E-state index < -0.39 is 16.1 Å². The first-order valence-corrected chi connectivity index (χ1v) is 16.1. The third kappa shape index (κ3) is 8.03. The molecular formula is C32H43FN4O4S. The second-order valence-electron chi connectivity index (χ2n) is 11.9. The molecule has 1 N–H and O–H groups in total. The third-order valence-corrected chi connectivity index (χ3v) is 9.98. The molecule has 2 amide bonds. The number of amides is 2. The summed E-state index contributed by atoms with van der Waals surface area (Å²) >= 11 is 0. The molecule has 42 heavy (non-hydrogen) atoms. The quantitative estimate of drug-likeness (QED) is 0.494. The molecule has 10 heteroatoms. The Morgan fingerprint density at radius 3 is 2.38 bits per heavy atom. The summed E-state index contributed by atoms with van der Waals surface area (Å²) in [7, 11) is 1.69. The van der Waals surface area contributed by atoms with Crippen molar-refractivity contribution in [3.8, 4) is 17.6 Å². The van der Waals surface area contributed by atoms with Crippen molar-refractivity contribution in [3.05, 3.63) is 59.4 Å². The van der Waals surface area contributed by atoms with E-state index in [-0.39, 0.29) is 47.0 Å². The normalized spacial score (nSPS) is 21.6. The third-order valence-electron chi connectivity index (χ3n) is 7.96. The Balaban J connectivity index is 1.66. The molecule has 2 aliphatic rings. The standard InChI is InChI=1S/C32H43FN4O4S/c1-23-20-37(24(2)21-35(3)4)42(39,40)31-18-15-26(12-11-25-13-16-27(33)17-14-25)19-29(31)41-30(23)22-36(5)32(38)34-28-9-7-6-8-10-28/h13-19,23-24,28,30H,6-10,20-22H2,1-5H3,(H,34,38)/t23-,24+,30+/m1/s1. The molecule has 228 valence electrons. The predicted molar refractivity (Wildman–Crippen MR) is 162 cm³/mol. The number of nitrogens with zero attached hydrogens (tertiary/aromatic N) is 3. The highest BCUT2D eigenvalue weighted by molar-refractivity contribution is 7.89. The lowest BCUT2D eigenvalue weighted by Crippen LogP contribution is -2.52. The summed E-state index contributed by atoms with van der Waals surface area (Å²) < 4.78 is 49.3. The Labute approximate surface area is 250 Å². The number of rotatable bonds is 6. The number of halogens is 1. The first kappa shape index (κ1) is 31.8. The van der Waals surface area contributed by atoms with Gasteiger partial charge in [-0.25, -0.2) is 17.6 Å². The van der Waals surface area contributed by atoms with Crippen molar-refractivity contribution in [2.24, 2.45) is 5.92 Å². The number of carbonyl (C=O) groups is 1. The second-order valence-corrected chi connectivity index (χ2v) is 13.8. The van der Waals surface area contributed by atoms with Gasteiger partial charge >= 0.3 is 6.03 Å². The highest BCUT2D eigenvalue weighted by Crippen LogP contribution is 2.34. The molecule has 1 aliphatic heterocycles. The van der Waals surface area contributed by atoms with Crippen LogP contribution in [-0.4, -0.2) is 87.5 Å². The minimum atomic E-state index is -3.90. The summed E-state index contributed by atoms with van der Waals surface area (Å²) in [5.74, 6) is 5.70. The number of ether oxygens (including phenoxy) is 1. The van der Waals surface area contributed by atoms with Gasteiger partial charge in [-0.15, -0.1) is 0 Å². The number of fused-ring (bicyclic) bond motifs is 1. The summed E-state index contributed by atoms with van der Waals surface area (Å²) in [5, 5.41) is 3.15. The lowest BCUT2D eigenvalue weighted by molar-refractivity contribution is 0.0843. The minimum Gasteiger partial charge on any atom is -0.487 e. The molecule has 0 bridgehead atoms. The number of sulfonamides is 1. The SMILES string of the molecule is C[C@@H]1CN([C@@H](C)CN(C)C)S(=O)(=O)c2ccc(C#Cc3ccc(F)cc3)cc2O[C@H]1CN(C)C(=O)NC1CCCCC1. The Bertz CT molecular complexity index is 1400. The van der Waals surface area contributed by atoms with Crippen LogP contribution in [0.2, 0.25) is 0 Å². The fourth-order valence-electron chi connectivity index (χ4n) is 5.61. The highest BCUT2D eigenvalue weighted by Gasteiger charge is 2.38. The molecule has 3 atom stereocenters. The van der Waals surface area contributed by atoms with Gasteiger partial charge in [-0.05, 0) is 76.3 Å². The van der Waals surface area contributed by atoms with Crippen molar-refractivity contribution in [2.75, 3.05) is 40.8 Å². The lowest BCUT2D eigenvalue weighted by atomic mass is 9.96. The number of carbonyl (C=O) groups excluding carboxylic acids is 1. The van der Waals surface area contributed by atoms with Crippen LogP contribution in [0.15, 0.2) is 47.4 Å². The van der Waals surface area contributed by atoms with Crippen LogP contribution in [0.1, 0.15) is 57.1 Å². The number of urea groups is 1. The van der Waals surface area contributed by atoms with Crippen molar-refractivity contribution in [3.63, 3.8) is 0 Å². The fourth-order valence-corrected chi connectivity index (χ4v) is 7.44. The molecule has 0 radical (unpaired) electrons. The van der Waals surface area contributed by atoms with Crippen molar-refractivity contribution >= 4 is 16.1 Å². The Kier molecular flexibility index (Phi) is 10.5. The van der Waals surface area contributed by atoms with Gasteiger partial charge in [0.2, 0.25) is 10.0 Å². The molecule has 1 fully saturated rings. The van der Waals surface area contributed by atoms with Gasteiger partial charge in [0.05, 0.1) is 6.54 Å². The maximum Gasteiger partial charge on any atom is 0.317 e. The van der Waals surface area contributed by atoms with Crippen LogP contribution in [-0.2, 0) is 10.0 Å². The number of likely N-dealkylation sites (N-methyl/N-ethyl adjacent to an activating group) is 2. The monoisotopic (exact) mass is 598 g/mol. The van der Waals surface area contributed by atoms with E-state index in [9.17, 15) is 17.6 Å². The summed E-state index contributed by atoms with van der Waals surface area (Å²) in [6, 6.07) is 10.5. The van der Waals surface area contributed by atoms with Crippen molar-refractivity contribution in [1.82, 2.24) is 19.4 Å². The van der Waals surface area contributed by atoms with E-state index in [1.165, 1.54) is 18.6 Å². The number of hydrogen-bond donors (Lipinski definition) is 1. The summed E-state index contributed by atoms with van der Waals surface area (Å²) in [5.41, 5.74) is 1.20. The Morgan fingerprint density at radius 2 is 1.71 bits per heavy atom. The smallest absolute Gasteiger partial charge is 0.317 e. The van der Waals surface area contributed by atoms with Crippen LogP contribution >= 0.6 is 0 Å². The molecule has 0 saturated heterocycles. The Morgan fingerprint density at radius 1 is 1.07 bits per heavy atom. The van der Waals surface area contributed by atoms with Gasteiger partial charge in [0.15, 0.2) is 0 Å². The maximum atomic E-state index is 14.0. The van der Waals surface area contributed by atoms with Crippen molar-refractivity contribution in [1.29, 1.82) is 0 Å². The molecule has 0 aromatic heterocycles. The number of hydrogen-bond acceptors (Lipinski definition) is 5. The summed E-state index contributed by atoms with van der Waals surface area (Å²) in [4.78, 5) is 16.8. The van der Waals surface area contributed by atoms with E-state index in [2.05, 4.69) is 17.2 Å². The molecule has 1 heterocycles. The first-order chi connectivity index (χ1) is 19.9. The van der Waals surface area contributed by atoms with Gasteiger partial charge in [0.1, 0.15) is 22.6 Å². The van der Waals surface area contributed by atoms with E-state index >= 15 is 0 Å². The molecule has 8 nitrogen and oxygen atoms in total. The van der Waals surface area contributed by atoms with Crippen LogP contribution in [0.25, 0.3) is 0 Å². The van der Waals surface area contributed by atoms with Crippen LogP contribution in [0.4, 0.5) is 9.18 Å². The van der Waals surface area contributed by atoms with E-state index in [1.807, 2.05) is 32.8 Å². The van der Waals surface area contributed by atoms with Crippen LogP contribution in [0.3, 0.4) is 0 Å². The molecular weight excluding hydrogens is 555 g/mol. The average Bonchev–Trinajstić information content (AvgIpc) is 2.94. The van der Waals surface area contributed by atoms with Gasteiger partial charge < -0.3 is 19.9 Å².